The first-order chi connectivity index (χ1) is 16.8. The molecule has 35 heavy (non-hydrogen) atoms. The molecule has 0 atom stereocenters. The van der Waals surface area contributed by atoms with Crippen LogP contribution in [0.5, 0.6) is 0 Å². The van der Waals surface area contributed by atoms with E-state index in [2.05, 4.69) is 14.9 Å². The van der Waals surface area contributed by atoms with Crippen molar-refractivity contribution in [1.29, 1.82) is 0 Å². The minimum absolute atomic E-state index is 0.208. The zero-order chi connectivity index (χ0) is 24.6. The maximum Gasteiger partial charge on any atom is 0.416 e. The van der Waals surface area contributed by atoms with E-state index in [0.29, 0.717) is 19.1 Å². The van der Waals surface area contributed by atoms with E-state index in [-0.39, 0.29) is 12.3 Å². The van der Waals surface area contributed by atoms with Gasteiger partial charge < -0.3 is 15.2 Å². The summed E-state index contributed by atoms with van der Waals surface area (Å²) in [7, 11) is 0. The molecular weight excluding hydrogens is 455 g/mol. The van der Waals surface area contributed by atoms with Gasteiger partial charge in [-0.1, -0.05) is 36.4 Å². The smallest absolute Gasteiger partial charge is 0.369 e. The van der Waals surface area contributed by atoms with Gasteiger partial charge in [-0.15, -0.1) is 0 Å². The number of aromatic nitrogens is 3. The Kier molecular flexibility index (Phi) is 5.92. The van der Waals surface area contributed by atoms with Crippen molar-refractivity contribution in [2.45, 2.75) is 44.6 Å². The molecule has 4 aromatic rings. The van der Waals surface area contributed by atoms with Crippen LogP contribution in [0.2, 0.25) is 0 Å². The highest BCUT2D eigenvalue weighted by atomic mass is 19.4. The van der Waals surface area contributed by atoms with E-state index < -0.39 is 11.7 Å². The van der Waals surface area contributed by atoms with Crippen molar-refractivity contribution in [3.05, 3.63) is 89.4 Å². The Labute approximate surface area is 200 Å². The fourth-order valence-corrected chi connectivity index (χ4v) is 4.27. The van der Waals surface area contributed by atoms with E-state index in [1.807, 2.05) is 41.1 Å². The predicted molar refractivity (Wildman–Crippen MR) is 127 cm³/mol. The average molecular weight is 480 g/mol. The van der Waals surface area contributed by atoms with Crippen molar-refractivity contribution < 1.29 is 18.0 Å². The van der Waals surface area contributed by atoms with Crippen molar-refractivity contribution in [2.75, 3.05) is 4.90 Å². The number of anilines is 1. The summed E-state index contributed by atoms with van der Waals surface area (Å²) in [4.78, 5) is 22.3. The molecule has 180 valence electrons. The Morgan fingerprint density at radius 2 is 1.63 bits per heavy atom. The first-order valence-corrected chi connectivity index (χ1v) is 11.4. The van der Waals surface area contributed by atoms with Crippen molar-refractivity contribution in [3.63, 3.8) is 0 Å². The number of nitrogens with two attached hydrogens (primary N) is 1. The third-order valence-corrected chi connectivity index (χ3v) is 6.18. The van der Waals surface area contributed by atoms with Crippen molar-refractivity contribution >= 4 is 22.8 Å². The van der Waals surface area contributed by atoms with E-state index in [1.54, 1.807) is 0 Å². The van der Waals surface area contributed by atoms with Crippen LogP contribution in [0.4, 0.5) is 19.0 Å². The van der Waals surface area contributed by atoms with Gasteiger partial charge in [0.25, 0.3) is 0 Å². The molecule has 0 saturated heterocycles. The van der Waals surface area contributed by atoms with E-state index in [9.17, 15) is 18.0 Å². The lowest BCUT2D eigenvalue weighted by atomic mass is 10.1. The summed E-state index contributed by atoms with van der Waals surface area (Å²) in [6, 6.07) is 15.3. The van der Waals surface area contributed by atoms with E-state index >= 15 is 0 Å². The summed E-state index contributed by atoms with van der Waals surface area (Å²) >= 11 is 0. The van der Waals surface area contributed by atoms with Gasteiger partial charge in [0.15, 0.2) is 0 Å². The van der Waals surface area contributed by atoms with Gasteiger partial charge in [-0.3, -0.25) is 4.79 Å². The molecule has 0 bridgehead atoms. The molecule has 0 radical (unpaired) electrons. The zero-order valence-corrected chi connectivity index (χ0v) is 18.9. The third-order valence-electron chi connectivity index (χ3n) is 6.18. The molecule has 1 aliphatic carbocycles. The maximum absolute atomic E-state index is 12.9. The molecule has 0 aliphatic heterocycles. The van der Waals surface area contributed by atoms with Crippen LogP contribution in [-0.2, 0) is 30.5 Å². The minimum Gasteiger partial charge on any atom is -0.369 e. The number of fused-ring (bicyclic) bond motifs is 1. The average Bonchev–Trinajstić information content (AvgIpc) is 3.59. The zero-order valence-electron chi connectivity index (χ0n) is 18.9. The first kappa shape index (κ1) is 22.9. The molecule has 1 aliphatic rings. The van der Waals surface area contributed by atoms with Gasteiger partial charge in [-0.25, -0.2) is 9.97 Å². The Hall–Kier alpha value is -3.88. The summed E-state index contributed by atoms with van der Waals surface area (Å²) in [6.45, 7) is 1.07. The fraction of sp³-hybridized carbons (Fsp3) is 0.269. The normalized spacial score (nSPS) is 13.8. The molecule has 1 fully saturated rings. The predicted octanol–water partition coefficient (Wildman–Crippen LogP) is 4.70. The number of benzene rings is 2. The molecule has 1 amide bonds. The van der Waals surface area contributed by atoms with Crippen LogP contribution in [0.15, 0.2) is 67.1 Å². The van der Waals surface area contributed by atoms with Crippen LogP contribution in [0.25, 0.3) is 11.0 Å². The lowest BCUT2D eigenvalue weighted by Gasteiger charge is -2.24. The molecule has 1 saturated carbocycles. The Balaban J connectivity index is 1.39. The minimum atomic E-state index is -4.35. The first-order valence-electron chi connectivity index (χ1n) is 11.4. The second-order valence-corrected chi connectivity index (χ2v) is 8.89. The molecular formula is C26H24F3N5O. The van der Waals surface area contributed by atoms with Crippen LogP contribution in [-0.4, -0.2) is 26.5 Å². The largest absolute Gasteiger partial charge is 0.416 e. The van der Waals surface area contributed by atoms with Crippen LogP contribution in [0.1, 0.15) is 35.1 Å². The number of rotatable bonds is 8. The maximum atomic E-state index is 12.9. The number of carbonyl (C=O) groups excluding carboxylic acids is 1. The Morgan fingerprint density at radius 1 is 0.971 bits per heavy atom. The van der Waals surface area contributed by atoms with E-state index in [0.717, 1.165) is 58.5 Å². The summed E-state index contributed by atoms with van der Waals surface area (Å²) in [5, 5.41) is 0.900. The third kappa shape index (κ3) is 5.13. The van der Waals surface area contributed by atoms with Gasteiger partial charge in [0, 0.05) is 25.3 Å². The Bertz CT molecular complexity index is 1340. The molecule has 5 rings (SSSR count). The second kappa shape index (κ2) is 9.05. The number of nitrogens with zero attached hydrogens (tertiary/aromatic N) is 4. The summed E-state index contributed by atoms with van der Waals surface area (Å²) in [5.41, 5.74) is 8.12. The lowest BCUT2D eigenvalue weighted by Crippen LogP contribution is -2.26. The van der Waals surface area contributed by atoms with E-state index in [1.165, 1.54) is 18.5 Å². The number of alkyl halides is 3. The summed E-state index contributed by atoms with van der Waals surface area (Å²) in [6.07, 6.45) is 1.39. The van der Waals surface area contributed by atoms with Gasteiger partial charge in [0.2, 0.25) is 5.91 Å². The monoisotopic (exact) mass is 479 g/mol. The number of hydrogen-bond donors (Lipinski definition) is 1. The van der Waals surface area contributed by atoms with E-state index in [4.69, 9.17) is 5.73 Å². The molecule has 0 spiro atoms. The summed E-state index contributed by atoms with van der Waals surface area (Å²) in [5.74, 6) is 0.419. The molecule has 2 aromatic carbocycles. The standard InChI is InChI=1S/C26H24F3N5O/c27-26(28,29)20-7-5-19(6-8-20)15-34(21-9-10-21)25-22-11-12-33(24(22)31-16-32-25)14-18-3-1-17(2-4-18)13-23(30)35/h1-8,11-12,16,21H,9-10,13-15H2,(H2,30,35). The highest BCUT2D eigenvalue weighted by Crippen LogP contribution is 2.36. The molecule has 2 aromatic heterocycles. The van der Waals surface area contributed by atoms with Crippen LogP contribution in [0.3, 0.4) is 0 Å². The van der Waals surface area contributed by atoms with Crippen LogP contribution >= 0.6 is 0 Å². The van der Waals surface area contributed by atoms with Gasteiger partial charge in [0.05, 0.1) is 17.4 Å². The number of amides is 1. The number of primary amides is 1. The molecule has 9 heteroatoms. The number of hydrogen-bond acceptors (Lipinski definition) is 4. The summed E-state index contributed by atoms with van der Waals surface area (Å²) < 4.78 is 40.9. The highest BCUT2D eigenvalue weighted by molar-refractivity contribution is 5.88. The lowest BCUT2D eigenvalue weighted by molar-refractivity contribution is -0.137. The fourth-order valence-electron chi connectivity index (χ4n) is 4.27. The molecule has 6 nitrogen and oxygen atoms in total. The van der Waals surface area contributed by atoms with Gasteiger partial charge >= 0.3 is 6.18 Å². The number of carbonyl (C=O) groups is 1. The molecule has 0 unspecified atom stereocenters. The highest BCUT2D eigenvalue weighted by Gasteiger charge is 2.33. The molecule has 2 heterocycles. The second-order valence-electron chi connectivity index (χ2n) is 8.89. The van der Waals surface area contributed by atoms with Crippen LogP contribution < -0.4 is 10.6 Å². The van der Waals surface area contributed by atoms with Gasteiger partial charge in [-0.2, -0.15) is 13.2 Å². The topological polar surface area (TPSA) is 77.0 Å². The van der Waals surface area contributed by atoms with Crippen molar-refractivity contribution in [2.24, 2.45) is 5.73 Å². The van der Waals surface area contributed by atoms with Gasteiger partial charge in [-0.05, 0) is 47.7 Å². The SMILES string of the molecule is NC(=O)Cc1ccc(Cn2ccc3c(N(Cc4ccc(C(F)(F)F)cc4)C4CC4)ncnc32)cc1. The van der Waals surface area contributed by atoms with Crippen LogP contribution in [0, 0.1) is 0 Å². The van der Waals surface area contributed by atoms with Crippen molar-refractivity contribution in [1.82, 2.24) is 14.5 Å². The quantitative estimate of drug-likeness (QED) is 0.398. The van der Waals surface area contributed by atoms with Gasteiger partial charge in [0.1, 0.15) is 17.8 Å². The number of halogens is 3. The Morgan fingerprint density at radius 3 is 2.26 bits per heavy atom. The molecule has 2 N–H and O–H groups in total. The van der Waals surface area contributed by atoms with Crippen molar-refractivity contribution in [3.8, 4) is 0 Å².